The van der Waals surface area contributed by atoms with Crippen LogP contribution in [0.25, 0.3) is 5.82 Å². The molecule has 0 unspecified atom stereocenters. The van der Waals surface area contributed by atoms with Gasteiger partial charge in [-0.1, -0.05) is 0 Å². The maximum absolute atomic E-state index is 12.3. The summed E-state index contributed by atoms with van der Waals surface area (Å²) in [5.41, 5.74) is 1.02. The van der Waals surface area contributed by atoms with Gasteiger partial charge in [0.15, 0.2) is 5.82 Å². The third-order valence-corrected chi connectivity index (χ3v) is 5.54. The van der Waals surface area contributed by atoms with Gasteiger partial charge < -0.3 is 5.32 Å². The lowest BCUT2D eigenvalue weighted by atomic mass is 9.91. The lowest BCUT2D eigenvalue weighted by Gasteiger charge is -2.29. The lowest BCUT2D eigenvalue weighted by Crippen LogP contribution is -2.33. The van der Waals surface area contributed by atoms with Crippen LogP contribution in [0.2, 0.25) is 0 Å². The third kappa shape index (κ3) is 3.51. The van der Waals surface area contributed by atoms with E-state index in [9.17, 15) is 4.79 Å². The zero-order valence-corrected chi connectivity index (χ0v) is 15.5. The van der Waals surface area contributed by atoms with Gasteiger partial charge in [-0.2, -0.15) is 10.2 Å². The monoisotopic (exact) mass is 378 g/mol. The van der Waals surface area contributed by atoms with E-state index >= 15 is 0 Å². The number of hydrogen-bond acceptors (Lipinski definition) is 7. The Kier molecular flexibility index (Phi) is 4.34. The second-order valence-corrected chi connectivity index (χ2v) is 7.58. The smallest absolute Gasteiger partial charge is 0.267 e. The Labute approximate surface area is 161 Å². The standard InChI is InChI=1S/C19H22N8O/c28-19-10-9-18(26-12-20-11-21-26)25-27(19)15-5-3-14(4-6-15)22-17-8-7-16(23-24-17)13-1-2-13/h7-15H,1-6H2,(H,22,24). The van der Waals surface area contributed by atoms with E-state index in [-0.39, 0.29) is 11.6 Å². The molecule has 3 aromatic heterocycles. The predicted octanol–water partition coefficient (Wildman–Crippen LogP) is 2.09. The van der Waals surface area contributed by atoms with Crippen LogP contribution in [0, 0.1) is 0 Å². The molecule has 0 radical (unpaired) electrons. The van der Waals surface area contributed by atoms with E-state index < -0.39 is 0 Å². The first-order chi connectivity index (χ1) is 13.8. The van der Waals surface area contributed by atoms with E-state index in [1.807, 2.05) is 6.07 Å². The Hall–Kier alpha value is -3.10. The second kappa shape index (κ2) is 7.14. The molecule has 0 saturated heterocycles. The van der Waals surface area contributed by atoms with Crippen molar-refractivity contribution in [3.05, 3.63) is 53.0 Å². The van der Waals surface area contributed by atoms with Crippen molar-refractivity contribution < 1.29 is 0 Å². The number of nitrogens with one attached hydrogen (secondary N) is 1. The fourth-order valence-electron chi connectivity index (χ4n) is 3.82. The van der Waals surface area contributed by atoms with Gasteiger partial charge in [0.25, 0.3) is 5.56 Å². The first kappa shape index (κ1) is 17.0. The van der Waals surface area contributed by atoms with E-state index in [0.29, 0.717) is 17.8 Å². The number of anilines is 1. The van der Waals surface area contributed by atoms with Gasteiger partial charge in [0.05, 0.1) is 11.7 Å². The minimum absolute atomic E-state index is 0.0817. The van der Waals surface area contributed by atoms with E-state index in [1.54, 1.807) is 27.8 Å². The molecule has 0 atom stereocenters. The van der Waals surface area contributed by atoms with Gasteiger partial charge >= 0.3 is 0 Å². The molecule has 2 aliphatic carbocycles. The molecule has 3 aromatic rings. The van der Waals surface area contributed by atoms with Crippen LogP contribution in [0.1, 0.15) is 56.2 Å². The second-order valence-electron chi connectivity index (χ2n) is 7.58. The fraction of sp³-hybridized carbons (Fsp3) is 0.474. The molecule has 0 bridgehead atoms. The van der Waals surface area contributed by atoms with Crippen LogP contribution in [0.4, 0.5) is 5.82 Å². The van der Waals surface area contributed by atoms with Crippen molar-refractivity contribution >= 4 is 5.82 Å². The largest absolute Gasteiger partial charge is 0.366 e. The minimum Gasteiger partial charge on any atom is -0.366 e. The average Bonchev–Trinajstić information content (AvgIpc) is 3.44. The van der Waals surface area contributed by atoms with E-state index in [4.69, 9.17) is 0 Å². The number of hydrogen-bond donors (Lipinski definition) is 1. The highest BCUT2D eigenvalue weighted by molar-refractivity contribution is 5.35. The highest BCUT2D eigenvalue weighted by Crippen LogP contribution is 2.38. The lowest BCUT2D eigenvalue weighted by molar-refractivity contribution is 0.302. The molecule has 0 aliphatic heterocycles. The Morgan fingerprint density at radius 1 is 0.964 bits per heavy atom. The van der Waals surface area contributed by atoms with Crippen molar-refractivity contribution in [1.82, 2.24) is 34.7 Å². The van der Waals surface area contributed by atoms with Crippen LogP contribution in [0.5, 0.6) is 0 Å². The number of rotatable bonds is 5. The quantitative estimate of drug-likeness (QED) is 0.725. The maximum Gasteiger partial charge on any atom is 0.267 e. The zero-order valence-electron chi connectivity index (χ0n) is 15.5. The molecule has 0 aromatic carbocycles. The average molecular weight is 378 g/mol. The number of aromatic nitrogens is 7. The van der Waals surface area contributed by atoms with Crippen molar-refractivity contribution in [3.63, 3.8) is 0 Å². The van der Waals surface area contributed by atoms with Crippen molar-refractivity contribution in [2.45, 2.75) is 56.5 Å². The van der Waals surface area contributed by atoms with Crippen LogP contribution in [-0.2, 0) is 0 Å². The van der Waals surface area contributed by atoms with Crippen molar-refractivity contribution in [1.29, 1.82) is 0 Å². The van der Waals surface area contributed by atoms with Crippen LogP contribution >= 0.6 is 0 Å². The Balaban J connectivity index is 1.23. The summed E-state index contributed by atoms with van der Waals surface area (Å²) in [7, 11) is 0. The topological polar surface area (TPSA) is 103 Å². The molecule has 1 N–H and O–H groups in total. The highest BCUT2D eigenvalue weighted by atomic mass is 16.1. The Morgan fingerprint density at radius 3 is 2.50 bits per heavy atom. The van der Waals surface area contributed by atoms with Crippen LogP contribution < -0.4 is 10.9 Å². The van der Waals surface area contributed by atoms with E-state index in [1.165, 1.54) is 19.2 Å². The van der Waals surface area contributed by atoms with Gasteiger partial charge in [0, 0.05) is 18.0 Å². The highest BCUT2D eigenvalue weighted by Gasteiger charge is 2.26. The summed E-state index contributed by atoms with van der Waals surface area (Å²) >= 11 is 0. The summed E-state index contributed by atoms with van der Waals surface area (Å²) in [5, 5.41) is 20.7. The maximum atomic E-state index is 12.3. The van der Waals surface area contributed by atoms with Gasteiger partial charge in [-0.15, -0.1) is 10.2 Å². The molecule has 2 aliphatic rings. The molecular formula is C19H22N8O. The Morgan fingerprint density at radius 2 is 1.82 bits per heavy atom. The fourth-order valence-corrected chi connectivity index (χ4v) is 3.82. The third-order valence-electron chi connectivity index (χ3n) is 5.54. The van der Waals surface area contributed by atoms with Crippen LogP contribution in [-0.4, -0.2) is 40.8 Å². The summed E-state index contributed by atoms with van der Waals surface area (Å²) in [6.45, 7) is 0. The molecule has 3 heterocycles. The van der Waals surface area contributed by atoms with Crippen molar-refractivity contribution in [3.8, 4) is 5.82 Å². The zero-order chi connectivity index (χ0) is 18.9. The van der Waals surface area contributed by atoms with Crippen LogP contribution in [0.3, 0.4) is 0 Å². The van der Waals surface area contributed by atoms with E-state index in [0.717, 1.165) is 37.2 Å². The molecule has 0 spiro atoms. The normalized spacial score (nSPS) is 22.1. The molecule has 28 heavy (non-hydrogen) atoms. The first-order valence-electron chi connectivity index (χ1n) is 9.81. The van der Waals surface area contributed by atoms with Gasteiger partial charge in [-0.25, -0.2) is 14.3 Å². The van der Waals surface area contributed by atoms with Crippen molar-refractivity contribution in [2.75, 3.05) is 5.32 Å². The molecule has 5 rings (SSSR count). The SMILES string of the molecule is O=c1ccc(-n2cncn2)nn1C1CCC(Nc2ccc(C3CC3)nn2)CC1. The van der Waals surface area contributed by atoms with Gasteiger partial charge in [0.1, 0.15) is 18.5 Å². The van der Waals surface area contributed by atoms with Crippen molar-refractivity contribution in [2.24, 2.45) is 0 Å². The van der Waals surface area contributed by atoms with Gasteiger partial charge in [-0.05, 0) is 56.7 Å². The van der Waals surface area contributed by atoms with Gasteiger partial charge in [-0.3, -0.25) is 4.79 Å². The Bertz CT molecular complexity index is 986. The van der Waals surface area contributed by atoms with E-state index in [2.05, 4.69) is 36.8 Å². The predicted molar refractivity (Wildman–Crippen MR) is 102 cm³/mol. The summed E-state index contributed by atoms with van der Waals surface area (Å²) in [4.78, 5) is 16.3. The summed E-state index contributed by atoms with van der Waals surface area (Å²) < 4.78 is 3.16. The molecule has 0 amide bonds. The minimum atomic E-state index is -0.0817. The first-order valence-corrected chi connectivity index (χ1v) is 9.81. The molecule has 2 fully saturated rings. The van der Waals surface area contributed by atoms with Gasteiger partial charge in [0.2, 0.25) is 0 Å². The molecule has 9 heteroatoms. The molecule has 2 saturated carbocycles. The summed E-state index contributed by atoms with van der Waals surface area (Å²) in [6, 6.07) is 7.76. The molecule has 144 valence electrons. The van der Waals surface area contributed by atoms with Crippen LogP contribution in [0.15, 0.2) is 41.7 Å². The molecular weight excluding hydrogens is 356 g/mol. The molecule has 9 nitrogen and oxygen atoms in total. The summed E-state index contributed by atoms with van der Waals surface area (Å²) in [5.74, 6) is 2.05. The summed E-state index contributed by atoms with van der Waals surface area (Å²) in [6.07, 6.45) is 9.18. The number of nitrogens with zero attached hydrogens (tertiary/aromatic N) is 7.